The third kappa shape index (κ3) is 4.96. The number of hydrogen-bond acceptors (Lipinski definition) is 6. The summed E-state index contributed by atoms with van der Waals surface area (Å²) in [7, 11) is 0. The van der Waals surface area contributed by atoms with Crippen LogP contribution in [0.1, 0.15) is 37.3 Å². The van der Waals surface area contributed by atoms with E-state index in [1.807, 2.05) is 6.07 Å². The standard InChI is InChI=1S/C19H24FN5O.2ClH/c20-15-3-1-2-4-17(15)26-14-5-7-25(8-6-14)18-11-16(23-19(22)24-18)12-9-13(21)10-12;;/h1-4,11-14H,5-10,21H2,(H2,22,23,24);2*1H. The van der Waals surface area contributed by atoms with Crippen molar-refractivity contribution in [1.29, 1.82) is 0 Å². The van der Waals surface area contributed by atoms with Gasteiger partial charge in [0.15, 0.2) is 11.6 Å². The average Bonchev–Trinajstić information content (AvgIpc) is 2.61. The number of piperidine rings is 1. The molecule has 28 heavy (non-hydrogen) atoms. The van der Waals surface area contributed by atoms with Gasteiger partial charge >= 0.3 is 0 Å². The van der Waals surface area contributed by atoms with Crippen LogP contribution in [0, 0.1) is 5.82 Å². The Hall–Kier alpha value is -1.83. The Morgan fingerprint density at radius 1 is 1.07 bits per heavy atom. The van der Waals surface area contributed by atoms with Gasteiger partial charge in [0.25, 0.3) is 0 Å². The number of benzene rings is 1. The summed E-state index contributed by atoms with van der Waals surface area (Å²) in [5.41, 5.74) is 12.8. The third-order valence-corrected chi connectivity index (χ3v) is 5.24. The smallest absolute Gasteiger partial charge is 0.222 e. The molecule has 0 unspecified atom stereocenters. The molecule has 9 heteroatoms. The first kappa shape index (κ1) is 22.5. The largest absolute Gasteiger partial charge is 0.487 e. The number of rotatable bonds is 4. The van der Waals surface area contributed by atoms with Crippen LogP contribution in [0.25, 0.3) is 0 Å². The second-order valence-corrected chi connectivity index (χ2v) is 7.17. The van der Waals surface area contributed by atoms with Gasteiger partial charge in [-0.2, -0.15) is 4.98 Å². The van der Waals surface area contributed by atoms with Crippen molar-refractivity contribution in [1.82, 2.24) is 9.97 Å². The van der Waals surface area contributed by atoms with Gasteiger partial charge in [-0.15, -0.1) is 24.8 Å². The summed E-state index contributed by atoms with van der Waals surface area (Å²) >= 11 is 0. The fourth-order valence-corrected chi connectivity index (χ4v) is 3.67. The molecule has 0 atom stereocenters. The van der Waals surface area contributed by atoms with Crippen LogP contribution in [0.4, 0.5) is 16.2 Å². The summed E-state index contributed by atoms with van der Waals surface area (Å²) in [5, 5.41) is 0. The summed E-state index contributed by atoms with van der Waals surface area (Å²) in [4.78, 5) is 11.0. The lowest BCUT2D eigenvalue weighted by Crippen LogP contribution is -2.39. The number of nitrogens with two attached hydrogens (primary N) is 2. The van der Waals surface area contributed by atoms with Crippen molar-refractivity contribution in [2.24, 2.45) is 5.73 Å². The van der Waals surface area contributed by atoms with E-state index in [4.69, 9.17) is 16.2 Å². The highest BCUT2D eigenvalue weighted by atomic mass is 35.5. The molecule has 1 aliphatic carbocycles. The Labute approximate surface area is 176 Å². The maximum Gasteiger partial charge on any atom is 0.222 e. The fourth-order valence-electron chi connectivity index (χ4n) is 3.67. The molecule has 1 saturated carbocycles. The highest BCUT2D eigenvalue weighted by Crippen LogP contribution is 2.36. The van der Waals surface area contributed by atoms with Gasteiger partial charge in [0.05, 0.1) is 5.69 Å². The topological polar surface area (TPSA) is 90.3 Å². The van der Waals surface area contributed by atoms with Gasteiger partial charge in [-0.05, 0) is 25.0 Å². The highest BCUT2D eigenvalue weighted by molar-refractivity contribution is 5.85. The maximum atomic E-state index is 13.7. The molecule has 0 amide bonds. The van der Waals surface area contributed by atoms with E-state index in [1.165, 1.54) is 6.07 Å². The summed E-state index contributed by atoms with van der Waals surface area (Å²) < 4.78 is 19.6. The van der Waals surface area contributed by atoms with Crippen LogP contribution in [-0.2, 0) is 0 Å². The SMILES string of the molecule is Cl.Cl.Nc1nc(C2CC(N)C2)cc(N2CCC(Oc3ccccc3F)CC2)n1. The van der Waals surface area contributed by atoms with Gasteiger partial charge in [0.1, 0.15) is 11.9 Å². The normalized spacial score (nSPS) is 21.9. The Kier molecular flexibility index (Phi) is 7.69. The van der Waals surface area contributed by atoms with Crippen LogP contribution < -0.4 is 21.1 Å². The Morgan fingerprint density at radius 2 is 1.75 bits per heavy atom. The maximum absolute atomic E-state index is 13.7. The van der Waals surface area contributed by atoms with Crippen LogP contribution in [0.5, 0.6) is 5.75 Å². The van der Waals surface area contributed by atoms with E-state index < -0.39 is 0 Å². The van der Waals surface area contributed by atoms with Crippen LogP contribution in [0.2, 0.25) is 0 Å². The van der Waals surface area contributed by atoms with E-state index in [9.17, 15) is 4.39 Å². The Balaban J connectivity index is 0.00000140. The van der Waals surface area contributed by atoms with Crippen LogP contribution >= 0.6 is 24.8 Å². The summed E-state index contributed by atoms with van der Waals surface area (Å²) in [6.07, 6.45) is 3.53. The van der Waals surface area contributed by atoms with Crippen molar-refractivity contribution >= 4 is 36.6 Å². The predicted molar refractivity (Wildman–Crippen MR) is 113 cm³/mol. The molecule has 1 saturated heterocycles. The monoisotopic (exact) mass is 429 g/mol. The molecule has 4 rings (SSSR count). The fraction of sp³-hybridized carbons (Fsp3) is 0.474. The molecule has 1 aromatic carbocycles. The van der Waals surface area contributed by atoms with Crippen molar-refractivity contribution < 1.29 is 9.13 Å². The zero-order valence-electron chi connectivity index (χ0n) is 15.5. The molecule has 154 valence electrons. The number of anilines is 2. The van der Waals surface area contributed by atoms with Crippen molar-refractivity contribution in [3.63, 3.8) is 0 Å². The number of nitrogen functional groups attached to an aromatic ring is 1. The second kappa shape index (κ2) is 9.58. The van der Waals surface area contributed by atoms with Crippen molar-refractivity contribution in [2.45, 2.75) is 43.7 Å². The molecule has 6 nitrogen and oxygen atoms in total. The van der Waals surface area contributed by atoms with Gasteiger partial charge in [0.2, 0.25) is 5.95 Å². The van der Waals surface area contributed by atoms with Crippen LogP contribution in [-0.4, -0.2) is 35.2 Å². The van der Waals surface area contributed by atoms with Gasteiger partial charge in [0, 0.05) is 44.0 Å². The molecule has 2 heterocycles. The van der Waals surface area contributed by atoms with Crippen molar-refractivity contribution in [2.75, 3.05) is 23.7 Å². The van der Waals surface area contributed by atoms with E-state index >= 15 is 0 Å². The molecule has 0 bridgehead atoms. The van der Waals surface area contributed by atoms with E-state index in [0.717, 1.165) is 50.3 Å². The summed E-state index contributed by atoms with van der Waals surface area (Å²) in [5.74, 6) is 1.55. The van der Waals surface area contributed by atoms with Crippen LogP contribution in [0.3, 0.4) is 0 Å². The first-order valence-corrected chi connectivity index (χ1v) is 9.14. The number of para-hydroxylation sites is 1. The molecule has 4 N–H and O–H groups in total. The van der Waals surface area contributed by atoms with E-state index in [1.54, 1.807) is 18.2 Å². The lowest BCUT2D eigenvalue weighted by atomic mass is 9.78. The van der Waals surface area contributed by atoms with Gasteiger partial charge in [-0.25, -0.2) is 9.37 Å². The molecule has 2 aliphatic rings. The molecule has 1 aliphatic heterocycles. The van der Waals surface area contributed by atoms with Crippen LogP contribution in [0.15, 0.2) is 30.3 Å². The van der Waals surface area contributed by atoms with Crippen molar-refractivity contribution in [3.05, 3.63) is 41.8 Å². The quantitative estimate of drug-likeness (QED) is 0.774. The second-order valence-electron chi connectivity index (χ2n) is 7.17. The van der Waals surface area contributed by atoms with Gasteiger partial charge < -0.3 is 21.1 Å². The molecule has 1 aromatic heterocycles. The third-order valence-electron chi connectivity index (χ3n) is 5.24. The Bertz CT molecular complexity index is 783. The van der Waals surface area contributed by atoms with E-state index in [2.05, 4.69) is 14.9 Å². The summed E-state index contributed by atoms with van der Waals surface area (Å²) in [6, 6.07) is 8.84. The summed E-state index contributed by atoms with van der Waals surface area (Å²) in [6.45, 7) is 1.58. The van der Waals surface area contributed by atoms with E-state index in [0.29, 0.717) is 17.6 Å². The molecule has 2 fully saturated rings. The first-order valence-electron chi connectivity index (χ1n) is 9.14. The van der Waals surface area contributed by atoms with Gasteiger partial charge in [-0.3, -0.25) is 0 Å². The molecular formula is C19H26Cl2FN5O. The molecule has 0 spiro atoms. The molecule has 0 radical (unpaired) electrons. The number of nitrogens with zero attached hydrogens (tertiary/aromatic N) is 3. The number of aromatic nitrogens is 2. The first-order chi connectivity index (χ1) is 12.6. The number of ether oxygens (including phenoxy) is 1. The van der Waals surface area contributed by atoms with Crippen molar-refractivity contribution in [3.8, 4) is 5.75 Å². The predicted octanol–water partition coefficient (Wildman–Crippen LogP) is 3.29. The number of halogens is 3. The minimum absolute atomic E-state index is 0. The minimum atomic E-state index is -0.318. The average molecular weight is 430 g/mol. The lowest BCUT2D eigenvalue weighted by molar-refractivity contribution is 0.163. The zero-order chi connectivity index (χ0) is 18.1. The van der Waals surface area contributed by atoms with E-state index in [-0.39, 0.29) is 42.8 Å². The lowest BCUT2D eigenvalue weighted by Gasteiger charge is -2.35. The zero-order valence-corrected chi connectivity index (χ0v) is 17.1. The molecule has 2 aromatic rings. The van der Waals surface area contributed by atoms with Gasteiger partial charge in [-0.1, -0.05) is 12.1 Å². The number of hydrogen-bond donors (Lipinski definition) is 2. The Morgan fingerprint density at radius 3 is 2.39 bits per heavy atom. The molecular weight excluding hydrogens is 404 g/mol. The highest BCUT2D eigenvalue weighted by Gasteiger charge is 2.30. The minimum Gasteiger partial charge on any atom is -0.487 e.